The maximum Gasteiger partial charge on any atom is 0.307 e. The fourth-order valence-electron chi connectivity index (χ4n) is 3.93. The standard InChI is InChI=1S/C19H26N2O4/c1-25-15-8-6-14(7-9-15)20-10-12-21(13-11-20)18(22)16-4-2-3-5-17(16)19(23)24/h6-9,16-17H,2-5,10-13H2,1H3,(H,23,24)/t16-,17+/m1/s1. The van der Waals surface area contributed by atoms with Gasteiger partial charge in [0.15, 0.2) is 0 Å². The lowest BCUT2D eigenvalue weighted by Crippen LogP contribution is -2.52. The zero-order valence-electron chi connectivity index (χ0n) is 14.7. The van der Waals surface area contributed by atoms with Crippen molar-refractivity contribution in [1.29, 1.82) is 0 Å². The molecule has 6 nitrogen and oxygen atoms in total. The molecule has 1 saturated carbocycles. The predicted molar refractivity (Wildman–Crippen MR) is 94.9 cm³/mol. The number of carboxylic acids is 1. The van der Waals surface area contributed by atoms with E-state index in [4.69, 9.17) is 4.74 Å². The van der Waals surface area contributed by atoms with Crippen molar-refractivity contribution >= 4 is 17.6 Å². The minimum Gasteiger partial charge on any atom is -0.497 e. The van der Waals surface area contributed by atoms with Gasteiger partial charge in [-0.15, -0.1) is 0 Å². The van der Waals surface area contributed by atoms with Crippen LogP contribution in [-0.4, -0.2) is 55.2 Å². The van der Waals surface area contributed by atoms with Crippen LogP contribution >= 0.6 is 0 Å². The lowest BCUT2D eigenvalue weighted by atomic mass is 9.78. The van der Waals surface area contributed by atoms with E-state index >= 15 is 0 Å². The number of hydrogen-bond donors (Lipinski definition) is 1. The van der Waals surface area contributed by atoms with Crippen molar-refractivity contribution in [2.75, 3.05) is 38.2 Å². The van der Waals surface area contributed by atoms with Crippen molar-refractivity contribution < 1.29 is 19.4 Å². The van der Waals surface area contributed by atoms with E-state index < -0.39 is 11.9 Å². The molecule has 0 bridgehead atoms. The van der Waals surface area contributed by atoms with Crippen LogP contribution in [0.15, 0.2) is 24.3 Å². The van der Waals surface area contributed by atoms with Crippen LogP contribution in [0.25, 0.3) is 0 Å². The van der Waals surface area contributed by atoms with Crippen molar-refractivity contribution in [3.63, 3.8) is 0 Å². The third kappa shape index (κ3) is 3.89. The minimum atomic E-state index is -0.824. The van der Waals surface area contributed by atoms with Crippen molar-refractivity contribution in [2.45, 2.75) is 25.7 Å². The fraction of sp³-hybridized carbons (Fsp3) is 0.579. The van der Waals surface area contributed by atoms with Crippen LogP contribution in [0, 0.1) is 11.8 Å². The van der Waals surface area contributed by atoms with Crippen LogP contribution < -0.4 is 9.64 Å². The number of piperazine rings is 1. The van der Waals surface area contributed by atoms with Gasteiger partial charge in [0, 0.05) is 31.9 Å². The second-order valence-electron chi connectivity index (χ2n) is 6.85. The highest BCUT2D eigenvalue weighted by molar-refractivity contribution is 5.85. The Kier molecular flexibility index (Phi) is 5.46. The summed E-state index contributed by atoms with van der Waals surface area (Å²) in [5.74, 6) is -0.828. The fourth-order valence-corrected chi connectivity index (χ4v) is 3.93. The number of carboxylic acid groups (broad SMARTS) is 1. The van der Waals surface area contributed by atoms with Crippen LogP contribution in [0.1, 0.15) is 25.7 Å². The average molecular weight is 346 g/mol. The number of carbonyl (C=O) groups is 2. The molecular formula is C19H26N2O4. The molecule has 0 spiro atoms. The molecule has 1 aliphatic carbocycles. The van der Waals surface area contributed by atoms with E-state index in [1.807, 2.05) is 29.2 Å². The lowest BCUT2D eigenvalue weighted by molar-refractivity contribution is -0.152. The number of rotatable bonds is 4. The molecule has 1 aromatic carbocycles. The Morgan fingerprint density at radius 1 is 1.00 bits per heavy atom. The smallest absolute Gasteiger partial charge is 0.307 e. The molecule has 1 amide bonds. The van der Waals surface area contributed by atoms with Gasteiger partial charge in [-0.05, 0) is 37.1 Å². The summed E-state index contributed by atoms with van der Waals surface area (Å²) in [5.41, 5.74) is 1.12. The van der Waals surface area contributed by atoms with Gasteiger partial charge in [0.2, 0.25) is 5.91 Å². The van der Waals surface area contributed by atoms with Crippen LogP contribution in [0.2, 0.25) is 0 Å². The van der Waals surface area contributed by atoms with Gasteiger partial charge in [-0.2, -0.15) is 0 Å². The molecule has 6 heteroatoms. The van der Waals surface area contributed by atoms with Gasteiger partial charge in [0.25, 0.3) is 0 Å². The quantitative estimate of drug-likeness (QED) is 0.905. The predicted octanol–water partition coefficient (Wildman–Crippen LogP) is 2.23. The monoisotopic (exact) mass is 346 g/mol. The van der Waals surface area contributed by atoms with Crippen LogP contribution in [-0.2, 0) is 9.59 Å². The first-order chi connectivity index (χ1) is 12.1. The first kappa shape index (κ1) is 17.6. The molecule has 2 aliphatic rings. The molecule has 1 heterocycles. The van der Waals surface area contributed by atoms with Gasteiger partial charge in [-0.1, -0.05) is 12.8 Å². The molecular weight excluding hydrogens is 320 g/mol. The summed E-state index contributed by atoms with van der Waals surface area (Å²) < 4.78 is 5.18. The van der Waals surface area contributed by atoms with E-state index in [0.717, 1.165) is 37.4 Å². The van der Waals surface area contributed by atoms with E-state index in [9.17, 15) is 14.7 Å². The first-order valence-electron chi connectivity index (χ1n) is 9.00. The second kappa shape index (κ2) is 7.76. The molecule has 0 radical (unpaired) electrons. The Hall–Kier alpha value is -2.24. The highest BCUT2D eigenvalue weighted by atomic mass is 16.5. The van der Waals surface area contributed by atoms with Gasteiger partial charge in [-0.3, -0.25) is 9.59 Å². The van der Waals surface area contributed by atoms with Gasteiger partial charge >= 0.3 is 5.97 Å². The number of amides is 1. The Morgan fingerprint density at radius 3 is 2.16 bits per heavy atom. The van der Waals surface area contributed by atoms with Crippen LogP contribution in [0.5, 0.6) is 5.75 Å². The van der Waals surface area contributed by atoms with E-state index in [1.165, 1.54) is 0 Å². The largest absolute Gasteiger partial charge is 0.497 e. The van der Waals surface area contributed by atoms with Crippen molar-refractivity contribution in [1.82, 2.24) is 4.90 Å². The van der Waals surface area contributed by atoms with Gasteiger partial charge < -0.3 is 19.6 Å². The number of hydrogen-bond acceptors (Lipinski definition) is 4. The summed E-state index contributed by atoms with van der Waals surface area (Å²) in [6, 6.07) is 7.93. The lowest BCUT2D eigenvalue weighted by Gasteiger charge is -2.39. The molecule has 25 heavy (non-hydrogen) atoms. The number of methoxy groups -OCH3 is 1. The number of aliphatic carboxylic acids is 1. The van der Waals surface area contributed by atoms with E-state index in [-0.39, 0.29) is 11.8 Å². The third-order valence-corrected chi connectivity index (χ3v) is 5.43. The number of carbonyl (C=O) groups excluding carboxylic acids is 1. The SMILES string of the molecule is COc1ccc(N2CCN(C(=O)[C@@H]3CCCC[C@@H]3C(=O)O)CC2)cc1. The van der Waals surface area contributed by atoms with Crippen molar-refractivity contribution in [2.24, 2.45) is 11.8 Å². The molecule has 0 unspecified atom stereocenters. The molecule has 3 rings (SSSR count). The zero-order valence-corrected chi connectivity index (χ0v) is 14.7. The third-order valence-electron chi connectivity index (χ3n) is 5.43. The second-order valence-corrected chi connectivity index (χ2v) is 6.85. The molecule has 0 aromatic heterocycles. The molecule has 1 N–H and O–H groups in total. The highest BCUT2D eigenvalue weighted by Crippen LogP contribution is 2.32. The Labute approximate surface area is 148 Å². The molecule has 136 valence electrons. The van der Waals surface area contributed by atoms with E-state index in [1.54, 1.807) is 7.11 Å². The number of nitrogens with zero attached hydrogens (tertiary/aromatic N) is 2. The van der Waals surface area contributed by atoms with Crippen molar-refractivity contribution in [3.8, 4) is 5.75 Å². The number of ether oxygens (including phenoxy) is 1. The minimum absolute atomic E-state index is 0.0291. The molecule has 2 fully saturated rings. The normalized spacial score (nSPS) is 24.0. The molecule has 1 saturated heterocycles. The van der Waals surface area contributed by atoms with Crippen molar-refractivity contribution in [3.05, 3.63) is 24.3 Å². The number of anilines is 1. The Balaban J connectivity index is 1.59. The first-order valence-corrected chi connectivity index (χ1v) is 9.00. The number of benzene rings is 1. The zero-order chi connectivity index (χ0) is 17.8. The highest BCUT2D eigenvalue weighted by Gasteiger charge is 2.38. The summed E-state index contributed by atoms with van der Waals surface area (Å²) >= 11 is 0. The van der Waals surface area contributed by atoms with E-state index in [2.05, 4.69) is 4.90 Å². The van der Waals surface area contributed by atoms with Gasteiger partial charge in [0.05, 0.1) is 18.9 Å². The Bertz CT molecular complexity index is 608. The molecule has 2 atom stereocenters. The van der Waals surface area contributed by atoms with Gasteiger partial charge in [-0.25, -0.2) is 0 Å². The maximum atomic E-state index is 12.8. The molecule has 1 aromatic rings. The summed E-state index contributed by atoms with van der Waals surface area (Å²) in [6.07, 6.45) is 3.18. The summed E-state index contributed by atoms with van der Waals surface area (Å²) in [4.78, 5) is 28.4. The van der Waals surface area contributed by atoms with E-state index in [0.29, 0.717) is 25.9 Å². The van der Waals surface area contributed by atoms with Crippen LogP contribution in [0.4, 0.5) is 5.69 Å². The van der Waals surface area contributed by atoms with Gasteiger partial charge in [0.1, 0.15) is 5.75 Å². The summed E-state index contributed by atoms with van der Waals surface area (Å²) in [6.45, 7) is 2.83. The topological polar surface area (TPSA) is 70.1 Å². The Morgan fingerprint density at radius 2 is 1.60 bits per heavy atom. The summed E-state index contributed by atoms with van der Waals surface area (Å²) in [7, 11) is 1.65. The van der Waals surface area contributed by atoms with Crippen LogP contribution in [0.3, 0.4) is 0 Å². The maximum absolute atomic E-state index is 12.8. The molecule has 1 aliphatic heterocycles. The average Bonchev–Trinajstić information content (AvgIpc) is 2.67. The summed E-state index contributed by atoms with van der Waals surface area (Å²) in [5, 5.41) is 9.40.